The van der Waals surface area contributed by atoms with E-state index in [1.54, 1.807) is 18.2 Å². The molecule has 0 bridgehead atoms. The molecule has 144 valence electrons. The molecule has 1 heterocycles. The molecule has 2 aromatic rings. The van der Waals surface area contributed by atoms with Crippen molar-refractivity contribution in [1.82, 2.24) is 15.1 Å². The molecule has 1 atom stereocenters. The van der Waals surface area contributed by atoms with Gasteiger partial charge in [0.15, 0.2) is 5.82 Å². The summed E-state index contributed by atoms with van der Waals surface area (Å²) in [5, 5.41) is 18.1. The van der Waals surface area contributed by atoms with Gasteiger partial charge >= 0.3 is 5.97 Å². The molecule has 27 heavy (non-hydrogen) atoms. The summed E-state index contributed by atoms with van der Waals surface area (Å²) in [4.78, 5) is 34.7. The number of carboxylic acids is 1. The summed E-state index contributed by atoms with van der Waals surface area (Å²) >= 11 is 0. The van der Waals surface area contributed by atoms with E-state index in [1.807, 2.05) is 13.0 Å². The first-order chi connectivity index (χ1) is 12.9. The number of ether oxygens (including phenoxy) is 1. The Hall–Kier alpha value is -3.36. The maximum absolute atomic E-state index is 12.4. The maximum atomic E-state index is 12.4. The van der Waals surface area contributed by atoms with Gasteiger partial charge < -0.3 is 20.5 Å². The average molecular weight is 374 g/mol. The molecule has 0 spiro atoms. The van der Waals surface area contributed by atoms with E-state index in [-0.39, 0.29) is 30.6 Å². The van der Waals surface area contributed by atoms with Crippen LogP contribution < -0.4 is 15.4 Å². The van der Waals surface area contributed by atoms with Crippen LogP contribution in [0.25, 0.3) is 0 Å². The van der Waals surface area contributed by atoms with E-state index < -0.39 is 12.0 Å². The molecule has 0 aliphatic heterocycles. The summed E-state index contributed by atoms with van der Waals surface area (Å²) in [6, 6.07) is 8.11. The minimum Gasteiger partial charge on any atom is -0.494 e. The van der Waals surface area contributed by atoms with Gasteiger partial charge in [-0.2, -0.15) is 5.10 Å². The van der Waals surface area contributed by atoms with Crippen molar-refractivity contribution >= 4 is 23.6 Å². The van der Waals surface area contributed by atoms with Crippen molar-refractivity contribution in [3.63, 3.8) is 0 Å². The fourth-order valence-electron chi connectivity index (χ4n) is 2.57. The molecular formula is C18H22N4O5. The number of aliphatic carboxylic acids is 1. The molecule has 0 aliphatic carbocycles. The van der Waals surface area contributed by atoms with Crippen molar-refractivity contribution in [3.8, 4) is 5.75 Å². The first-order valence-electron chi connectivity index (χ1n) is 8.43. The lowest BCUT2D eigenvalue weighted by Crippen LogP contribution is -2.30. The number of carbonyl (C=O) groups is 3. The number of anilines is 1. The summed E-state index contributed by atoms with van der Waals surface area (Å²) in [5.41, 5.74) is 0.695. The topological polar surface area (TPSA) is 123 Å². The number of rotatable bonds is 9. The van der Waals surface area contributed by atoms with E-state index in [0.29, 0.717) is 17.9 Å². The molecule has 2 rings (SSSR count). The van der Waals surface area contributed by atoms with Crippen molar-refractivity contribution in [2.24, 2.45) is 0 Å². The highest BCUT2D eigenvalue weighted by molar-refractivity contribution is 5.90. The molecule has 9 heteroatoms. The van der Waals surface area contributed by atoms with Crippen molar-refractivity contribution in [1.29, 1.82) is 0 Å². The molecular weight excluding hydrogens is 352 g/mol. The molecule has 9 nitrogen and oxygen atoms in total. The Balaban J connectivity index is 2.11. The van der Waals surface area contributed by atoms with Crippen LogP contribution in [0.5, 0.6) is 5.75 Å². The Morgan fingerprint density at radius 1 is 1.26 bits per heavy atom. The zero-order valence-electron chi connectivity index (χ0n) is 15.1. The van der Waals surface area contributed by atoms with Gasteiger partial charge in [-0.15, -0.1) is 0 Å². The monoisotopic (exact) mass is 374 g/mol. The maximum Gasteiger partial charge on any atom is 0.325 e. The lowest BCUT2D eigenvalue weighted by Gasteiger charge is -2.20. The minimum absolute atomic E-state index is 0.0323. The second kappa shape index (κ2) is 9.37. The standard InChI is InChI=1S/C18H22N4O5/c1-3-27-15-7-5-4-6-13(15)14(19-12(2)23)10-17(24)20-16-8-9-22(21-16)11-18(25)26/h4-9,14H,3,10-11H2,1-2H3,(H,19,23)(H,25,26)(H,20,21,24). The number of para-hydroxylation sites is 1. The number of nitrogens with one attached hydrogen (secondary N) is 2. The Labute approximate surface area is 156 Å². The minimum atomic E-state index is -1.03. The van der Waals surface area contributed by atoms with Gasteiger partial charge in [0.2, 0.25) is 11.8 Å². The number of aromatic nitrogens is 2. The third-order valence-corrected chi connectivity index (χ3v) is 3.57. The van der Waals surface area contributed by atoms with Crippen LogP contribution in [0.2, 0.25) is 0 Å². The number of amides is 2. The van der Waals surface area contributed by atoms with Gasteiger partial charge in [-0.3, -0.25) is 19.1 Å². The molecule has 1 aromatic carbocycles. The van der Waals surface area contributed by atoms with E-state index in [4.69, 9.17) is 9.84 Å². The Morgan fingerprint density at radius 3 is 2.67 bits per heavy atom. The zero-order chi connectivity index (χ0) is 19.8. The van der Waals surface area contributed by atoms with Crippen LogP contribution in [-0.2, 0) is 20.9 Å². The van der Waals surface area contributed by atoms with Crippen molar-refractivity contribution in [3.05, 3.63) is 42.1 Å². The molecule has 1 aromatic heterocycles. The Bertz CT molecular complexity index is 818. The summed E-state index contributed by atoms with van der Waals surface area (Å²) in [5.74, 6) is -0.849. The van der Waals surface area contributed by atoms with Crippen LogP contribution in [0.15, 0.2) is 36.5 Å². The van der Waals surface area contributed by atoms with Crippen molar-refractivity contribution in [2.45, 2.75) is 32.9 Å². The van der Waals surface area contributed by atoms with E-state index in [0.717, 1.165) is 0 Å². The average Bonchev–Trinajstić information content (AvgIpc) is 3.00. The lowest BCUT2D eigenvalue weighted by atomic mass is 10.0. The molecule has 2 amide bonds. The van der Waals surface area contributed by atoms with Crippen molar-refractivity contribution < 1.29 is 24.2 Å². The summed E-state index contributed by atoms with van der Waals surface area (Å²) < 4.78 is 6.79. The van der Waals surface area contributed by atoms with Crippen LogP contribution in [0, 0.1) is 0 Å². The van der Waals surface area contributed by atoms with Gasteiger partial charge in [0.05, 0.1) is 19.1 Å². The smallest absolute Gasteiger partial charge is 0.325 e. The first-order valence-corrected chi connectivity index (χ1v) is 8.43. The number of carboxylic acid groups (broad SMARTS) is 1. The van der Waals surface area contributed by atoms with Crippen LogP contribution in [0.1, 0.15) is 31.9 Å². The Kier molecular flexibility index (Phi) is 6.93. The van der Waals surface area contributed by atoms with Gasteiger partial charge in [0.25, 0.3) is 0 Å². The van der Waals surface area contributed by atoms with E-state index >= 15 is 0 Å². The van der Waals surface area contributed by atoms with Crippen LogP contribution in [0.4, 0.5) is 5.82 Å². The SMILES string of the molecule is CCOc1ccccc1C(CC(=O)Nc1ccn(CC(=O)O)n1)NC(C)=O. The Morgan fingerprint density at radius 2 is 2.00 bits per heavy atom. The largest absolute Gasteiger partial charge is 0.494 e. The molecule has 0 fully saturated rings. The number of nitrogens with zero attached hydrogens (tertiary/aromatic N) is 2. The zero-order valence-corrected chi connectivity index (χ0v) is 15.1. The van der Waals surface area contributed by atoms with Crippen molar-refractivity contribution in [2.75, 3.05) is 11.9 Å². The second-order valence-corrected chi connectivity index (χ2v) is 5.77. The lowest BCUT2D eigenvalue weighted by molar-refractivity contribution is -0.137. The highest BCUT2D eigenvalue weighted by atomic mass is 16.5. The predicted molar refractivity (Wildman–Crippen MR) is 97.3 cm³/mol. The summed E-state index contributed by atoms with van der Waals surface area (Å²) in [6.45, 7) is 3.38. The molecule has 0 aliphatic rings. The van der Waals surface area contributed by atoms with Crippen LogP contribution in [-0.4, -0.2) is 39.3 Å². The third-order valence-electron chi connectivity index (χ3n) is 3.57. The fraction of sp³-hybridized carbons (Fsp3) is 0.333. The van der Waals surface area contributed by atoms with Crippen LogP contribution >= 0.6 is 0 Å². The normalized spacial score (nSPS) is 11.5. The fourth-order valence-corrected chi connectivity index (χ4v) is 2.57. The predicted octanol–water partition coefficient (Wildman–Crippen LogP) is 1.57. The third kappa shape index (κ3) is 6.14. The molecule has 0 radical (unpaired) electrons. The highest BCUT2D eigenvalue weighted by Gasteiger charge is 2.21. The van der Waals surface area contributed by atoms with Gasteiger partial charge in [-0.05, 0) is 13.0 Å². The molecule has 0 saturated heterocycles. The van der Waals surface area contributed by atoms with Gasteiger partial charge in [-0.1, -0.05) is 18.2 Å². The first kappa shape index (κ1) is 20.0. The molecule has 3 N–H and O–H groups in total. The second-order valence-electron chi connectivity index (χ2n) is 5.77. The number of hydrogen-bond acceptors (Lipinski definition) is 5. The van der Waals surface area contributed by atoms with Gasteiger partial charge in [0, 0.05) is 24.8 Å². The van der Waals surface area contributed by atoms with E-state index in [9.17, 15) is 14.4 Å². The summed E-state index contributed by atoms with van der Waals surface area (Å²) in [6.07, 6.45) is 1.43. The molecule has 0 saturated carbocycles. The number of benzene rings is 1. The van der Waals surface area contributed by atoms with E-state index in [2.05, 4.69) is 15.7 Å². The quantitative estimate of drug-likeness (QED) is 0.612. The molecule has 1 unspecified atom stereocenters. The summed E-state index contributed by atoms with van der Waals surface area (Å²) in [7, 11) is 0. The van der Waals surface area contributed by atoms with Gasteiger partial charge in [-0.25, -0.2) is 0 Å². The van der Waals surface area contributed by atoms with E-state index in [1.165, 1.54) is 23.9 Å². The highest BCUT2D eigenvalue weighted by Crippen LogP contribution is 2.27. The number of hydrogen-bond donors (Lipinski definition) is 3. The number of carbonyl (C=O) groups excluding carboxylic acids is 2. The van der Waals surface area contributed by atoms with Crippen LogP contribution in [0.3, 0.4) is 0 Å². The van der Waals surface area contributed by atoms with Gasteiger partial charge in [0.1, 0.15) is 12.3 Å².